The van der Waals surface area contributed by atoms with Gasteiger partial charge in [0.25, 0.3) is 0 Å². The van der Waals surface area contributed by atoms with Gasteiger partial charge < -0.3 is 14.7 Å². The second kappa shape index (κ2) is 8.57. The van der Waals surface area contributed by atoms with Crippen molar-refractivity contribution in [3.05, 3.63) is 35.9 Å². The lowest BCUT2D eigenvalue weighted by Crippen LogP contribution is -2.60. The van der Waals surface area contributed by atoms with Crippen LogP contribution in [0.4, 0.5) is 4.79 Å². The van der Waals surface area contributed by atoms with Crippen LogP contribution in [0.25, 0.3) is 0 Å². The van der Waals surface area contributed by atoms with Gasteiger partial charge in [0.2, 0.25) is 11.8 Å². The van der Waals surface area contributed by atoms with E-state index in [2.05, 4.69) is 0 Å². The molecule has 2 fully saturated rings. The first kappa shape index (κ1) is 20.1. The minimum Gasteiger partial charge on any atom is -0.450 e. The summed E-state index contributed by atoms with van der Waals surface area (Å²) in [5.41, 5.74) is 2.78. The lowest BCUT2D eigenvalue weighted by atomic mass is 9.86. The molecule has 9 heteroatoms. The van der Waals surface area contributed by atoms with Gasteiger partial charge >= 0.3 is 6.16 Å². The van der Waals surface area contributed by atoms with Crippen molar-refractivity contribution < 1.29 is 29.4 Å². The van der Waals surface area contributed by atoms with Crippen LogP contribution in [0.5, 0.6) is 0 Å². The van der Waals surface area contributed by atoms with Crippen molar-refractivity contribution in [2.75, 3.05) is 26.7 Å². The normalized spacial score (nSPS) is 28.0. The quantitative estimate of drug-likeness (QED) is 0.396. The number of carboxylic acid groups (broad SMARTS) is 1. The highest BCUT2D eigenvalue weighted by Gasteiger charge is 2.46. The number of carbonyl (C=O) groups is 3. The van der Waals surface area contributed by atoms with Gasteiger partial charge in [0.15, 0.2) is 0 Å². The fourth-order valence-corrected chi connectivity index (χ4v) is 4.30. The number of hydroxylamine groups is 1. The van der Waals surface area contributed by atoms with Crippen LogP contribution in [-0.2, 0) is 14.3 Å². The van der Waals surface area contributed by atoms with E-state index in [0.717, 1.165) is 6.42 Å². The number of likely N-dealkylation sites (tertiary alicyclic amines) is 2. The monoisotopic (exact) mass is 391 g/mol. The van der Waals surface area contributed by atoms with Gasteiger partial charge in [0.05, 0.1) is 5.92 Å². The van der Waals surface area contributed by atoms with Gasteiger partial charge in [-0.25, -0.2) is 10.3 Å². The van der Waals surface area contributed by atoms with Gasteiger partial charge in [-0.3, -0.25) is 19.7 Å². The number of likely N-dealkylation sites (N-methyl/N-ethyl adjacent to an activating group) is 1. The summed E-state index contributed by atoms with van der Waals surface area (Å²) < 4.78 is 4.80. The van der Waals surface area contributed by atoms with Crippen molar-refractivity contribution in [1.82, 2.24) is 15.3 Å². The van der Waals surface area contributed by atoms with Gasteiger partial charge in [0.1, 0.15) is 12.1 Å². The summed E-state index contributed by atoms with van der Waals surface area (Å²) in [5, 5.41) is 18.0. The maximum Gasteiger partial charge on any atom is 0.506 e. The van der Waals surface area contributed by atoms with Gasteiger partial charge in [-0.05, 0) is 25.5 Å². The van der Waals surface area contributed by atoms with Crippen molar-refractivity contribution in [2.45, 2.75) is 30.9 Å². The molecule has 0 unspecified atom stereocenters. The van der Waals surface area contributed by atoms with Crippen LogP contribution in [-0.4, -0.2) is 76.9 Å². The molecule has 0 saturated carbocycles. The van der Waals surface area contributed by atoms with Crippen LogP contribution >= 0.6 is 0 Å². The van der Waals surface area contributed by atoms with E-state index in [1.54, 1.807) is 22.3 Å². The Hall–Kier alpha value is -2.65. The number of amides is 2. The number of piperidine rings is 1. The molecule has 152 valence electrons. The van der Waals surface area contributed by atoms with Gasteiger partial charge in [0, 0.05) is 25.6 Å². The number of nitrogens with zero attached hydrogens (tertiary/aromatic N) is 2. The molecule has 0 radical (unpaired) electrons. The largest absolute Gasteiger partial charge is 0.506 e. The number of hydrogen-bond donors (Lipinski definition) is 3. The molecular formula is C19H25N3O6. The van der Waals surface area contributed by atoms with E-state index in [1.165, 1.54) is 5.56 Å². The lowest BCUT2D eigenvalue weighted by Gasteiger charge is -2.41. The molecule has 2 aliphatic rings. The molecule has 2 heterocycles. The zero-order valence-electron chi connectivity index (χ0n) is 15.7. The number of nitrogens with one attached hydrogen (secondary N) is 1. The molecule has 0 spiro atoms. The third kappa shape index (κ3) is 4.26. The molecule has 1 aromatic carbocycles. The third-order valence-corrected chi connectivity index (χ3v) is 5.60. The first-order chi connectivity index (χ1) is 13.4. The van der Waals surface area contributed by atoms with Crippen molar-refractivity contribution in [3.8, 4) is 0 Å². The summed E-state index contributed by atoms with van der Waals surface area (Å²) in [6.07, 6.45) is -1.30. The van der Waals surface area contributed by atoms with E-state index in [9.17, 15) is 14.4 Å². The van der Waals surface area contributed by atoms with E-state index >= 15 is 0 Å². The summed E-state index contributed by atoms with van der Waals surface area (Å²) in [4.78, 5) is 39.6. The Morgan fingerprint density at radius 1 is 1.18 bits per heavy atom. The first-order valence-corrected chi connectivity index (χ1v) is 9.28. The van der Waals surface area contributed by atoms with Crippen LogP contribution < -0.4 is 5.48 Å². The van der Waals surface area contributed by atoms with Crippen molar-refractivity contribution >= 4 is 18.0 Å². The van der Waals surface area contributed by atoms with E-state index < -0.39 is 30.1 Å². The third-order valence-electron chi connectivity index (χ3n) is 5.60. The van der Waals surface area contributed by atoms with Crippen molar-refractivity contribution in [3.63, 3.8) is 0 Å². The number of rotatable bonds is 4. The van der Waals surface area contributed by atoms with E-state index in [-0.39, 0.29) is 24.8 Å². The maximum absolute atomic E-state index is 13.2. The highest BCUT2D eigenvalue weighted by Crippen LogP contribution is 2.31. The zero-order chi connectivity index (χ0) is 20.3. The lowest BCUT2D eigenvalue weighted by molar-refractivity contribution is -0.151. The predicted molar refractivity (Wildman–Crippen MR) is 97.7 cm³/mol. The fourth-order valence-electron chi connectivity index (χ4n) is 4.30. The molecule has 2 saturated heterocycles. The molecule has 3 rings (SSSR count). The van der Waals surface area contributed by atoms with Crippen LogP contribution in [0.3, 0.4) is 0 Å². The smallest absolute Gasteiger partial charge is 0.450 e. The zero-order valence-corrected chi connectivity index (χ0v) is 15.7. The highest BCUT2D eigenvalue weighted by atomic mass is 16.7. The Morgan fingerprint density at radius 2 is 1.89 bits per heavy atom. The summed E-state index contributed by atoms with van der Waals surface area (Å²) in [6.45, 7) is 1.36. The summed E-state index contributed by atoms with van der Waals surface area (Å²) in [5.74, 6) is -1.57. The molecule has 28 heavy (non-hydrogen) atoms. The second-order valence-corrected chi connectivity index (χ2v) is 7.39. The second-order valence-electron chi connectivity index (χ2n) is 7.39. The number of ether oxygens (including phenoxy) is 1. The van der Waals surface area contributed by atoms with Crippen LogP contribution in [0.1, 0.15) is 24.3 Å². The fraction of sp³-hybridized carbons (Fsp3) is 0.526. The SMILES string of the molecule is CN1C[C@H](OC(=O)O)C[C@H](C(=O)NO)[C@H]1C(=O)N1CC[C@H](c2ccccc2)C1. The first-order valence-electron chi connectivity index (χ1n) is 9.28. The van der Waals surface area contributed by atoms with Crippen LogP contribution in [0, 0.1) is 5.92 Å². The summed E-state index contributed by atoms with van der Waals surface area (Å²) >= 11 is 0. The number of benzene rings is 1. The molecule has 1 aromatic rings. The molecule has 2 aliphatic heterocycles. The Balaban J connectivity index is 1.73. The summed E-state index contributed by atoms with van der Waals surface area (Å²) in [7, 11) is 1.66. The van der Waals surface area contributed by atoms with Crippen LogP contribution in [0.2, 0.25) is 0 Å². The van der Waals surface area contributed by atoms with Crippen molar-refractivity contribution in [2.24, 2.45) is 5.92 Å². The average molecular weight is 391 g/mol. The molecule has 3 N–H and O–H groups in total. The predicted octanol–water partition coefficient (Wildman–Crippen LogP) is 0.891. The van der Waals surface area contributed by atoms with E-state index in [0.29, 0.717) is 13.1 Å². The highest BCUT2D eigenvalue weighted by molar-refractivity contribution is 5.90. The Kier molecular flexibility index (Phi) is 6.15. The molecule has 0 bridgehead atoms. The number of carbonyl (C=O) groups excluding carboxylic acids is 2. The van der Waals surface area contributed by atoms with E-state index in [4.69, 9.17) is 15.1 Å². The van der Waals surface area contributed by atoms with Crippen LogP contribution in [0.15, 0.2) is 30.3 Å². The Labute approximate surface area is 162 Å². The minimum atomic E-state index is -1.43. The minimum absolute atomic E-state index is 0.0371. The molecule has 9 nitrogen and oxygen atoms in total. The average Bonchev–Trinajstić information content (AvgIpc) is 3.17. The molecule has 2 amide bonds. The molecule has 4 atom stereocenters. The van der Waals surface area contributed by atoms with Crippen molar-refractivity contribution in [1.29, 1.82) is 0 Å². The van der Waals surface area contributed by atoms with Gasteiger partial charge in [-0.15, -0.1) is 0 Å². The molecule has 0 aliphatic carbocycles. The molecular weight excluding hydrogens is 366 g/mol. The number of hydrogen-bond acceptors (Lipinski definition) is 6. The summed E-state index contributed by atoms with van der Waals surface area (Å²) in [6, 6.07) is 9.20. The maximum atomic E-state index is 13.2. The Morgan fingerprint density at radius 3 is 2.54 bits per heavy atom. The van der Waals surface area contributed by atoms with Gasteiger partial charge in [-0.1, -0.05) is 30.3 Å². The topological polar surface area (TPSA) is 119 Å². The molecule has 0 aromatic heterocycles. The van der Waals surface area contributed by atoms with E-state index in [1.807, 2.05) is 30.3 Å². The standard InChI is InChI=1S/C19H25N3O6/c1-21-11-14(28-19(25)26)9-15(17(23)20-27)16(21)18(24)22-8-7-13(10-22)12-5-3-2-4-6-12/h2-6,13-16,27H,7-11H2,1H3,(H,20,23)(H,25,26)/t13-,14+,15-,16-/m0/s1. The van der Waals surface area contributed by atoms with Gasteiger partial charge in [-0.2, -0.15) is 0 Å². The Bertz CT molecular complexity index is 728.